The van der Waals surface area contributed by atoms with Crippen LogP contribution < -0.4 is 0 Å². The highest BCUT2D eigenvalue weighted by Gasteiger charge is 2.25. The molecule has 0 radical (unpaired) electrons. The van der Waals surface area contributed by atoms with Gasteiger partial charge >= 0.3 is 0 Å². The molecule has 74 valence electrons. The first-order valence-corrected chi connectivity index (χ1v) is 4.61. The van der Waals surface area contributed by atoms with Crippen LogP contribution in [0.2, 0.25) is 0 Å². The molecular weight excluding hydrogens is 168 g/mol. The monoisotopic (exact) mass is 184 g/mol. The molecule has 0 fully saturated rings. The summed E-state index contributed by atoms with van der Waals surface area (Å²) in [5.41, 5.74) is 0. The molecule has 4 nitrogen and oxygen atoms in total. The first-order chi connectivity index (χ1) is 6.16. The predicted octanol–water partition coefficient (Wildman–Crippen LogP) is 0.672. The molecule has 1 aliphatic heterocycles. The van der Waals surface area contributed by atoms with Gasteiger partial charge in [0.1, 0.15) is 6.04 Å². The van der Waals surface area contributed by atoms with Gasteiger partial charge in [-0.1, -0.05) is 0 Å². The van der Waals surface area contributed by atoms with Gasteiger partial charge in [-0.25, -0.2) is 0 Å². The molecule has 13 heavy (non-hydrogen) atoms. The molecule has 0 bridgehead atoms. The number of hydrogen-bond donors (Lipinski definition) is 0. The molecule has 4 heteroatoms. The third-order valence-corrected chi connectivity index (χ3v) is 2.13. The van der Waals surface area contributed by atoms with E-state index < -0.39 is 0 Å². The number of carbonyl (C=O) groups is 1. The summed E-state index contributed by atoms with van der Waals surface area (Å²) >= 11 is 0. The maximum atomic E-state index is 11.2. The molecule has 0 aromatic heterocycles. The van der Waals surface area contributed by atoms with Gasteiger partial charge < -0.3 is 9.64 Å². The highest BCUT2D eigenvalue weighted by atomic mass is 16.5. The van der Waals surface area contributed by atoms with Crippen LogP contribution in [-0.4, -0.2) is 42.4 Å². The number of aliphatic imine (C=N–C) groups is 1. The van der Waals surface area contributed by atoms with E-state index in [1.54, 1.807) is 11.8 Å². The van der Waals surface area contributed by atoms with Crippen LogP contribution in [0, 0.1) is 0 Å². The van der Waals surface area contributed by atoms with Crippen molar-refractivity contribution in [1.29, 1.82) is 0 Å². The van der Waals surface area contributed by atoms with Gasteiger partial charge in [-0.3, -0.25) is 9.79 Å². The van der Waals surface area contributed by atoms with Gasteiger partial charge in [0.25, 0.3) is 0 Å². The Bertz CT molecular complexity index is 226. The lowest BCUT2D eigenvalue weighted by Gasteiger charge is -2.31. The highest BCUT2D eigenvalue weighted by Crippen LogP contribution is 2.08. The molecule has 0 spiro atoms. The third-order valence-electron chi connectivity index (χ3n) is 2.13. The van der Waals surface area contributed by atoms with Gasteiger partial charge in [0.2, 0.25) is 11.8 Å². The maximum Gasteiger partial charge on any atom is 0.220 e. The minimum atomic E-state index is -0.00815. The molecule has 0 saturated heterocycles. The van der Waals surface area contributed by atoms with Crippen LogP contribution in [0.15, 0.2) is 4.99 Å². The standard InChI is InChI=1S/C9H16N2O2/c1-4-13-9-7(2)11(8(3)12)6-5-10-9/h7H,4-6H2,1-3H3. The lowest BCUT2D eigenvalue weighted by molar-refractivity contribution is -0.130. The Hall–Kier alpha value is -1.06. The summed E-state index contributed by atoms with van der Waals surface area (Å²) in [6.45, 7) is 7.39. The Morgan fingerprint density at radius 3 is 3.00 bits per heavy atom. The van der Waals surface area contributed by atoms with E-state index in [0.717, 1.165) is 0 Å². The SMILES string of the molecule is CCOC1=NCCN(C(C)=O)C1C. The fourth-order valence-corrected chi connectivity index (χ4v) is 1.47. The number of ether oxygens (including phenoxy) is 1. The zero-order chi connectivity index (χ0) is 9.84. The maximum absolute atomic E-state index is 11.2. The molecular formula is C9H16N2O2. The fourth-order valence-electron chi connectivity index (χ4n) is 1.47. The Kier molecular flexibility index (Phi) is 3.28. The van der Waals surface area contributed by atoms with E-state index in [1.807, 2.05) is 13.8 Å². The summed E-state index contributed by atoms with van der Waals surface area (Å²) in [5, 5.41) is 0. The van der Waals surface area contributed by atoms with Gasteiger partial charge in [-0.15, -0.1) is 0 Å². The van der Waals surface area contributed by atoms with Crippen LogP contribution in [0.1, 0.15) is 20.8 Å². The highest BCUT2D eigenvalue weighted by molar-refractivity contribution is 5.87. The topological polar surface area (TPSA) is 41.9 Å². The van der Waals surface area contributed by atoms with E-state index in [9.17, 15) is 4.79 Å². The zero-order valence-electron chi connectivity index (χ0n) is 8.41. The van der Waals surface area contributed by atoms with Crippen LogP contribution in [0.3, 0.4) is 0 Å². The van der Waals surface area contributed by atoms with Crippen LogP contribution in [0.25, 0.3) is 0 Å². The number of nitrogens with zero attached hydrogens (tertiary/aromatic N) is 2. The number of rotatable bonds is 1. The van der Waals surface area contributed by atoms with Gasteiger partial charge in [0.05, 0.1) is 13.2 Å². The second-order valence-corrected chi connectivity index (χ2v) is 3.04. The first-order valence-electron chi connectivity index (χ1n) is 4.61. The normalized spacial score (nSPS) is 22.5. The second-order valence-electron chi connectivity index (χ2n) is 3.04. The molecule has 0 aromatic carbocycles. The summed E-state index contributed by atoms with van der Waals surface area (Å²) in [7, 11) is 0. The second kappa shape index (κ2) is 4.25. The van der Waals surface area contributed by atoms with Crippen LogP contribution in [-0.2, 0) is 9.53 Å². The van der Waals surface area contributed by atoms with Gasteiger partial charge in [0.15, 0.2) is 0 Å². The average Bonchev–Trinajstić information content (AvgIpc) is 2.08. The molecule has 1 heterocycles. The lowest BCUT2D eigenvalue weighted by Crippen LogP contribution is -2.47. The Morgan fingerprint density at radius 2 is 2.46 bits per heavy atom. The summed E-state index contributed by atoms with van der Waals surface area (Å²) in [5.74, 6) is 0.767. The predicted molar refractivity (Wildman–Crippen MR) is 50.8 cm³/mol. The lowest BCUT2D eigenvalue weighted by atomic mass is 10.2. The minimum absolute atomic E-state index is 0.00815. The van der Waals surface area contributed by atoms with Gasteiger partial charge in [-0.2, -0.15) is 0 Å². The summed E-state index contributed by atoms with van der Waals surface area (Å²) in [4.78, 5) is 17.2. The van der Waals surface area contributed by atoms with E-state index in [2.05, 4.69) is 4.99 Å². The molecule has 1 unspecified atom stereocenters. The number of amides is 1. The molecule has 0 N–H and O–H groups in total. The van der Waals surface area contributed by atoms with Crippen LogP contribution >= 0.6 is 0 Å². The largest absolute Gasteiger partial charge is 0.480 e. The Balaban J connectivity index is 2.67. The van der Waals surface area contributed by atoms with Crippen LogP contribution in [0.5, 0.6) is 0 Å². The van der Waals surface area contributed by atoms with E-state index >= 15 is 0 Å². The van der Waals surface area contributed by atoms with Crippen molar-refractivity contribution in [3.63, 3.8) is 0 Å². The smallest absolute Gasteiger partial charge is 0.220 e. The molecule has 1 aliphatic rings. The van der Waals surface area contributed by atoms with E-state index in [-0.39, 0.29) is 11.9 Å². The zero-order valence-corrected chi connectivity index (χ0v) is 8.41. The minimum Gasteiger partial charge on any atom is -0.480 e. The third kappa shape index (κ3) is 2.20. The fraction of sp³-hybridized carbons (Fsp3) is 0.778. The van der Waals surface area contributed by atoms with Crippen molar-refractivity contribution in [1.82, 2.24) is 4.90 Å². The molecule has 0 aliphatic carbocycles. The van der Waals surface area contributed by atoms with Gasteiger partial charge in [0, 0.05) is 13.5 Å². The summed E-state index contributed by atoms with van der Waals surface area (Å²) in [6.07, 6.45) is 0. The molecule has 0 saturated carbocycles. The quantitative estimate of drug-likeness (QED) is 0.601. The van der Waals surface area contributed by atoms with Crippen molar-refractivity contribution < 1.29 is 9.53 Å². The van der Waals surface area contributed by atoms with Crippen molar-refractivity contribution in [2.75, 3.05) is 19.7 Å². The van der Waals surface area contributed by atoms with E-state index in [0.29, 0.717) is 25.6 Å². The Morgan fingerprint density at radius 1 is 1.77 bits per heavy atom. The van der Waals surface area contributed by atoms with Crippen molar-refractivity contribution in [2.24, 2.45) is 4.99 Å². The van der Waals surface area contributed by atoms with Crippen molar-refractivity contribution >= 4 is 11.8 Å². The first kappa shape index (κ1) is 10.0. The summed E-state index contributed by atoms with van der Waals surface area (Å²) in [6, 6.07) is -0.00815. The van der Waals surface area contributed by atoms with Crippen molar-refractivity contribution in [2.45, 2.75) is 26.8 Å². The summed E-state index contributed by atoms with van der Waals surface area (Å²) < 4.78 is 5.33. The van der Waals surface area contributed by atoms with Crippen molar-refractivity contribution in [3.05, 3.63) is 0 Å². The van der Waals surface area contributed by atoms with Crippen molar-refractivity contribution in [3.8, 4) is 0 Å². The van der Waals surface area contributed by atoms with E-state index in [1.165, 1.54) is 0 Å². The molecule has 1 rings (SSSR count). The molecule has 0 aromatic rings. The number of carbonyl (C=O) groups excluding carboxylic acids is 1. The number of hydrogen-bond acceptors (Lipinski definition) is 3. The van der Waals surface area contributed by atoms with Crippen LogP contribution in [0.4, 0.5) is 0 Å². The van der Waals surface area contributed by atoms with Gasteiger partial charge in [-0.05, 0) is 13.8 Å². The average molecular weight is 184 g/mol. The Labute approximate surface area is 78.6 Å². The molecule has 1 amide bonds. The molecule has 1 atom stereocenters. The van der Waals surface area contributed by atoms with E-state index in [4.69, 9.17) is 4.74 Å².